The van der Waals surface area contributed by atoms with Gasteiger partial charge in [-0.15, -0.1) is 0 Å². The van der Waals surface area contributed by atoms with Crippen molar-refractivity contribution in [3.63, 3.8) is 0 Å². The minimum atomic E-state index is -0.236. The predicted molar refractivity (Wildman–Crippen MR) is 58.2 cm³/mol. The van der Waals surface area contributed by atoms with Crippen LogP contribution < -0.4 is 15.0 Å². The van der Waals surface area contributed by atoms with Gasteiger partial charge in [0.2, 0.25) is 5.91 Å². The fourth-order valence-corrected chi connectivity index (χ4v) is 1.19. The average Bonchev–Trinajstić information content (AvgIpc) is 2.28. The van der Waals surface area contributed by atoms with E-state index in [0.29, 0.717) is 11.5 Å². The molecule has 0 heterocycles. The van der Waals surface area contributed by atoms with Crippen LogP contribution in [0.15, 0.2) is 18.2 Å². The van der Waals surface area contributed by atoms with Crippen LogP contribution in [0.2, 0.25) is 0 Å². The Balaban J connectivity index is 2.64. The van der Waals surface area contributed by atoms with Crippen molar-refractivity contribution in [3.05, 3.63) is 23.8 Å². The third kappa shape index (κ3) is 3.43. The second-order valence-corrected chi connectivity index (χ2v) is 3.14. The van der Waals surface area contributed by atoms with Crippen LogP contribution in [0.3, 0.4) is 0 Å². The maximum Gasteiger partial charge on any atom is 0.240 e. The predicted octanol–water partition coefficient (Wildman–Crippen LogP) is 1.27. The summed E-state index contributed by atoms with van der Waals surface area (Å²) in [5.74, 6) is 1.05. The second-order valence-electron chi connectivity index (χ2n) is 3.14. The Hall–Kier alpha value is -1.75. The standard InChI is InChI=1S/C11H15NO4/c1-8(13)12-16-7-9-4-5-10(14-2)11(6-9)15-3/h4-6H,7H2,1-3H3,(H,12,13). The van der Waals surface area contributed by atoms with Gasteiger partial charge in [-0.05, 0) is 17.7 Å². The summed E-state index contributed by atoms with van der Waals surface area (Å²) in [6, 6.07) is 5.41. The lowest BCUT2D eigenvalue weighted by molar-refractivity contribution is -0.132. The molecule has 5 heteroatoms. The highest BCUT2D eigenvalue weighted by Crippen LogP contribution is 2.27. The molecule has 1 aromatic carbocycles. The van der Waals surface area contributed by atoms with Crippen molar-refractivity contribution < 1.29 is 19.1 Å². The summed E-state index contributed by atoms with van der Waals surface area (Å²) >= 11 is 0. The van der Waals surface area contributed by atoms with Gasteiger partial charge in [-0.2, -0.15) is 0 Å². The molecule has 1 rings (SSSR count). The zero-order valence-corrected chi connectivity index (χ0v) is 9.57. The smallest absolute Gasteiger partial charge is 0.240 e. The zero-order chi connectivity index (χ0) is 12.0. The maximum atomic E-state index is 10.6. The fourth-order valence-electron chi connectivity index (χ4n) is 1.19. The molecular formula is C11H15NO4. The second kappa shape index (κ2) is 5.97. The molecule has 0 bridgehead atoms. The number of rotatable bonds is 5. The van der Waals surface area contributed by atoms with Gasteiger partial charge in [-0.3, -0.25) is 9.63 Å². The lowest BCUT2D eigenvalue weighted by Crippen LogP contribution is -2.19. The van der Waals surface area contributed by atoms with Gasteiger partial charge < -0.3 is 9.47 Å². The molecule has 0 aromatic heterocycles. The van der Waals surface area contributed by atoms with Crippen LogP contribution in [0.4, 0.5) is 0 Å². The van der Waals surface area contributed by atoms with Gasteiger partial charge in [0.1, 0.15) is 0 Å². The number of hydrogen-bond donors (Lipinski definition) is 1. The molecule has 0 aliphatic heterocycles. The molecular weight excluding hydrogens is 210 g/mol. The summed E-state index contributed by atoms with van der Waals surface area (Å²) in [5.41, 5.74) is 3.13. The molecule has 0 aliphatic carbocycles. The Morgan fingerprint density at radius 2 is 1.94 bits per heavy atom. The van der Waals surface area contributed by atoms with Crippen LogP contribution in [0.1, 0.15) is 12.5 Å². The lowest BCUT2D eigenvalue weighted by atomic mass is 10.2. The third-order valence-electron chi connectivity index (χ3n) is 1.90. The SMILES string of the molecule is COc1ccc(CONC(C)=O)cc1OC. The highest BCUT2D eigenvalue weighted by molar-refractivity contribution is 5.71. The largest absolute Gasteiger partial charge is 0.493 e. The number of benzene rings is 1. The van der Waals surface area contributed by atoms with E-state index in [2.05, 4.69) is 5.48 Å². The minimum Gasteiger partial charge on any atom is -0.493 e. The first-order chi connectivity index (χ1) is 7.67. The number of amides is 1. The van der Waals surface area contributed by atoms with Gasteiger partial charge >= 0.3 is 0 Å². The van der Waals surface area contributed by atoms with Crippen LogP contribution in [0, 0.1) is 0 Å². The van der Waals surface area contributed by atoms with E-state index < -0.39 is 0 Å². The van der Waals surface area contributed by atoms with E-state index in [-0.39, 0.29) is 12.5 Å². The monoisotopic (exact) mass is 225 g/mol. The normalized spacial score (nSPS) is 9.69. The van der Waals surface area contributed by atoms with Crippen molar-refractivity contribution in [3.8, 4) is 11.5 Å². The molecule has 88 valence electrons. The first-order valence-corrected chi connectivity index (χ1v) is 4.76. The summed E-state index contributed by atoms with van der Waals surface area (Å²) < 4.78 is 10.2. The van der Waals surface area contributed by atoms with Crippen LogP contribution >= 0.6 is 0 Å². The van der Waals surface area contributed by atoms with E-state index in [9.17, 15) is 4.79 Å². The van der Waals surface area contributed by atoms with E-state index in [1.165, 1.54) is 6.92 Å². The Morgan fingerprint density at radius 3 is 2.50 bits per heavy atom. The molecule has 0 aliphatic rings. The van der Waals surface area contributed by atoms with Crippen LogP contribution in [0.25, 0.3) is 0 Å². The summed E-state index contributed by atoms with van der Waals surface area (Å²) in [5, 5.41) is 0. The number of ether oxygens (including phenoxy) is 2. The number of hydrogen-bond acceptors (Lipinski definition) is 4. The number of carbonyl (C=O) groups is 1. The van der Waals surface area contributed by atoms with Gasteiger partial charge in [-0.25, -0.2) is 5.48 Å². The third-order valence-corrected chi connectivity index (χ3v) is 1.90. The molecule has 1 N–H and O–H groups in total. The van der Waals surface area contributed by atoms with Gasteiger partial charge in [-0.1, -0.05) is 6.07 Å². The highest BCUT2D eigenvalue weighted by atomic mass is 16.6. The summed E-state index contributed by atoms with van der Waals surface area (Å²) in [4.78, 5) is 15.5. The quantitative estimate of drug-likeness (QED) is 0.767. The molecule has 5 nitrogen and oxygen atoms in total. The highest BCUT2D eigenvalue weighted by Gasteiger charge is 2.04. The Labute approximate surface area is 94.3 Å². The number of carbonyl (C=O) groups excluding carboxylic acids is 1. The summed E-state index contributed by atoms with van der Waals surface area (Å²) in [6.45, 7) is 1.66. The topological polar surface area (TPSA) is 56.8 Å². The molecule has 0 radical (unpaired) electrons. The van der Waals surface area contributed by atoms with E-state index in [1.54, 1.807) is 26.4 Å². The van der Waals surface area contributed by atoms with Crippen molar-refractivity contribution in [1.29, 1.82) is 0 Å². The zero-order valence-electron chi connectivity index (χ0n) is 9.57. The molecule has 0 unspecified atom stereocenters. The Morgan fingerprint density at radius 1 is 1.25 bits per heavy atom. The summed E-state index contributed by atoms with van der Waals surface area (Å²) in [7, 11) is 3.14. The molecule has 0 fully saturated rings. The number of nitrogens with one attached hydrogen (secondary N) is 1. The maximum absolute atomic E-state index is 10.6. The molecule has 0 saturated carbocycles. The van der Waals surface area contributed by atoms with Gasteiger partial charge in [0.25, 0.3) is 0 Å². The van der Waals surface area contributed by atoms with Crippen molar-refractivity contribution in [2.45, 2.75) is 13.5 Å². The Bertz CT molecular complexity index is 365. The molecule has 16 heavy (non-hydrogen) atoms. The lowest BCUT2D eigenvalue weighted by Gasteiger charge is -2.09. The van der Waals surface area contributed by atoms with Crippen LogP contribution in [-0.2, 0) is 16.2 Å². The van der Waals surface area contributed by atoms with Gasteiger partial charge in [0, 0.05) is 6.92 Å². The van der Waals surface area contributed by atoms with Gasteiger partial charge in [0.05, 0.1) is 20.8 Å². The first-order valence-electron chi connectivity index (χ1n) is 4.76. The van der Waals surface area contributed by atoms with Crippen molar-refractivity contribution in [2.75, 3.05) is 14.2 Å². The van der Waals surface area contributed by atoms with E-state index in [1.807, 2.05) is 6.07 Å². The average molecular weight is 225 g/mol. The molecule has 0 spiro atoms. The van der Waals surface area contributed by atoms with Crippen LogP contribution in [-0.4, -0.2) is 20.1 Å². The molecule has 1 amide bonds. The fraction of sp³-hybridized carbons (Fsp3) is 0.364. The van der Waals surface area contributed by atoms with E-state index in [4.69, 9.17) is 14.3 Å². The number of hydroxylamine groups is 1. The van der Waals surface area contributed by atoms with E-state index >= 15 is 0 Å². The number of methoxy groups -OCH3 is 2. The van der Waals surface area contributed by atoms with E-state index in [0.717, 1.165) is 5.56 Å². The molecule has 1 aromatic rings. The van der Waals surface area contributed by atoms with Crippen LogP contribution in [0.5, 0.6) is 11.5 Å². The molecule has 0 atom stereocenters. The minimum absolute atomic E-state index is 0.236. The van der Waals surface area contributed by atoms with Crippen molar-refractivity contribution >= 4 is 5.91 Å². The first kappa shape index (κ1) is 12.3. The van der Waals surface area contributed by atoms with Crippen molar-refractivity contribution in [2.24, 2.45) is 0 Å². The van der Waals surface area contributed by atoms with Crippen molar-refractivity contribution in [1.82, 2.24) is 5.48 Å². The van der Waals surface area contributed by atoms with Gasteiger partial charge in [0.15, 0.2) is 11.5 Å². The Kier molecular flexibility index (Phi) is 4.60. The molecule has 0 saturated heterocycles. The summed E-state index contributed by atoms with van der Waals surface area (Å²) in [6.07, 6.45) is 0.